The first-order valence-electron chi connectivity index (χ1n) is 12.4. The number of carbonyl (C=O) groups excluding carboxylic acids is 4. The van der Waals surface area contributed by atoms with E-state index in [9.17, 15) is 39.4 Å². The second kappa shape index (κ2) is 12.8. The number of esters is 2. The highest BCUT2D eigenvalue weighted by molar-refractivity contribution is 8.00. The first-order chi connectivity index (χ1) is 20.0. The van der Waals surface area contributed by atoms with Crippen molar-refractivity contribution in [1.29, 1.82) is 0 Å². The lowest BCUT2D eigenvalue weighted by atomic mass is 10.1. The van der Waals surface area contributed by atoms with Crippen molar-refractivity contribution < 1.29 is 48.1 Å². The van der Waals surface area contributed by atoms with E-state index in [1.807, 2.05) is 0 Å². The third kappa shape index (κ3) is 6.41. The van der Waals surface area contributed by atoms with E-state index in [4.69, 9.17) is 19.0 Å². The van der Waals surface area contributed by atoms with Crippen LogP contribution in [-0.2, 0) is 46.6 Å². The van der Waals surface area contributed by atoms with Gasteiger partial charge in [0.2, 0.25) is 0 Å². The van der Waals surface area contributed by atoms with Crippen LogP contribution in [0.5, 0.6) is 0 Å². The zero-order chi connectivity index (χ0) is 30.4. The van der Waals surface area contributed by atoms with Gasteiger partial charge in [-0.2, -0.15) is 16.8 Å². The topological polar surface area (TPSA) is 207 Å². The molecule has 2 heterocycles. The largest absolute Gasteiger partial charge is 0.456 e. The van der Waals surface area contributed by atoms with Gasteiger partial charge in [-0.15, -0.1) is 0 Å². The first kappa shape index (κ1) is 30.2. The van der Waals surface area contributed by atoms with Gasteiger partial charge in [0.25, 0.3) is 17.3 Å². The summed E-state index contributed by atoms with van der Waals surface area (Å²) in [6, 6.07) is 9.23. The van der Waals surface area contributed by atoms with Gasteiger partial charge in [0, 0.05) is 24.3 Å². The minimum absolute atomic E-state index is 0.135. The zero-order valence-electron chi connectivity index (χ0n) is 22.0. The highest BCUT2D eigenvalue weighted by Crippen LogP contribution is 2.42. The van der Waals surface area contributed by atoms with Gasteiger partial charge in [-0.05, 0) is 41.1 Å². The molecule has 4 rings (SSSR count). The molecule has 0 saturated carbocycles. The van der Waals surface area contributed by atoms with Crippen molar-refractivity contribution in [2.24, 2.45) is 0 Å². The Morgan fingerprint density at radius 1 is 1.00 bits per heavy atom. The number of non-ortho nitro benzene ring substituents is 2. The molecule has 0 aliphatic carbocycles. The molecule has 0 bridgehead atoms. The monoisotopic (exact) mass is 604 g/mol. The van der Waals surface area contributed by atoms with E-state index < -0.39 is 57.4 Å². The molecular weight excluding hydrogens is 580 g/mol. The van der Waals surface area contributed by atoms with Crippen LogP contribution in [-0.4, -0.2) is 68.2 Å². The number of ether oxygens (including phenoxy) is 3. The second-order valence-corrected chi connectivity index (χ2v) is 10.4. The molecule has 2 aliphatic rings. The van der Waals surface area contributed by atoms with E-state index in [0.29, 0.717) is 21.9 Å². The van der Waals surface area contributed by atoms with Gasteiger partial charge in [-0.25, -0.2) is 9.59 Å². The highest BCUT2D eigenvalue weighted by atomic mass is 32.2. The van der Waals surface area contributed by atoms with E-state index in [0.717, 1.165) is 0 Å². The number of rotatable bonds is 11. The molecule has 42 heavy (non-hydrogen) atoms. The van der Waals surface area contributed by atoms with Crippen LogP contribution < -0.4 is 5.32 Å². The number of alkyl carbamates (subject to hydrolysis) is 1. The van der Waals surface area contributed by atoms with E-state index in [1.165, 1.54) is 60.3 Å². The van der Waals surface area contributed by atoms with Gasteiger partial charge >= 0.3 is 23.8 Å². The molecule has 0 aromatic heterocycles. The van der Waals surface area contributed by atoms with E-state index in [1.54, 1.807) is 6.92 Å². The van der Waals surface area contributed by atoms with Crippen molar-refractivity contribution in [3.63, 3.8) is 0 Å². The minimum Gasteiger partial charge on any atom is -0.456 e. The van der Waals surface area contributed by atoms with Gasteiger partial charge in [-0.1, -0.05) is 6.92 Å². The lowest BCUT2D eigenvalue weighted by Crippen LogP contribution is -2.62. The smallest absolute Gasteiger partial charge is 0.408 e. The Morgan fingerprint density at radius 3 is 2.07 bits per heavy atom. The molecule has 2 saturated heterocycles. The van der Waals surface area contributed by atoms with E-state index in [2.05, 4.69) is 5.32 Å². The van der Waals surface area contributed by atoms with Crippen LogP contribution in [0.1, 0.15) is 24.5 Å². The molecule has 17 heteroatoms. The summed E-state index contributed by atoms with van der Waals surface area (Å²) in [4.78, 5) is 77.6. The first-order valence-corrected chi connectivity index (χ1v) is 13.5. The van der Waals surface area contributed by atoms with Crippen molar-refractivity contribution in [2.45, 2.75) is 43.6 Å². The number of nitrogens with zero attached hydrogens (tertiary/aromatic N) is 3. The number of nitrogens with one attached hydrogen (secondary N) is 1. The molecule has 2 aromatic carbocycles. The van der Waals surface area contributed by atoms with Crippen LogP contribution in [0.3, 0.4) is 0 Å². The predicted molar refractivity (Wildman–Crippen MR) is 141 cm³/mol. The Morgan fingerprint density at radius 2 is 1.55 bits per heavy atom. The molecular formula is C25H24N4O12S. The average Bonchev–Trinajstić information content (AvgIpc) is 3.50. The van der Waals surface area contributed by atoms with Gasteiger partial charge in [-0.3, -0.25) is 34.7 Å². The molecule has 2 aromatic rings. The van der Waals surface area contributed by atoms with Crippen LogP contribution in [0.25, 0.3) is 0 Å². The fourth-order valence-electron chi connectivity index (χ4n) is 4.17. The highest BCUT2D eigenvalue weighted by Gasteiger charge is 2.65. The summed E-state index contributed by atoms with van der Waals surface area (Å²) in [7, 11) is 0. The molecule has 3 atom stereocenters. The lowest BCUT2D eigenvalue weighted by Gasteiger charge is -2.36. The summed E-state index contributed by atoms with van der Waals surface area (Å²) < 4.78 is 15.9. The van der Waals surface area contributed by atoms with Crippen molar-refractivity contribution in [2.75, 3.05) is 12.4 Å². The Labute approximate surface area is 241 Å². The van der Waals surface area contributed by atoms with Gasteiger partial charge in [0.15, 0.2) is 0 Å². The second-order valence-electron chi connectivity index (χ2n) is 8.94. The normalized spacial score (nSPS) is 21.5. The molecule has 222 valence electrons. The molecule has 16 nitrogen and oxygen atoms in total. The molecule has 2 fully saturated rings. The summed E-state index contributed by atoms with van der Waals surface area (Å²) in [5, 5.41) is 23.7. The third-order valence-corrected chi connectivity index (χ3v) is 7.44. The van der Waals surface area contributed by atoms with Crippen LogP contribution >= 0.6 is 11.8 Å². The lowest BCUT2D eigenvalue weighted by molar-refractivity contribution is -0.385. The maximum atomic E-state index is 13.5. The Bertz CT molecular complexity index is 1390. The van der Waals surface area contributed by atoms with Crippen LogP contribution in [0.15, 0.2) is 48.5 Å². The summed E-state index contributed by atoms with van der Waals surface area (Å²) in [5.74, 6) is -2.33. The molecule has 2 aliphatic heterocycles. The van der Waals surface area contributed by atoms with Gasteiger partial charge < -0.3 is 19.5 Å². The van der Waals surface area contributed by atoms with Crippen molar-refractivity contribution in [3.05, 3.63) is 79.9 Å². The Kier molecular flexibility index (Phi) is 9.21. The molecule has 0 spiro atoms. The SMILES string of the molecule is CCSC1CC(=O)OC1(C(=O)OCc1ccc([N+](=O)[O-])cc1)N1OC[C@H](NC(=O)OCc2ccc([N+](=O)[O-])cc2)C1=O. The summed E-state index contributed by atoms with van der Waals surface area (Å²) in [6.07, 6.45) is -1.23. The number of cyclic esters (lactones) is 1. The maximum Gasteiger partial charge on any atom is 0.408 e. The van der Waals surface area contributed by atoms with E-state index >= 15 is 0 Å². The summed E-state index contributed by atoms with van der Waals surface area (Å²) in [5.41, 5.74) is -1.74. The average molecular weight is 605 g/mol. The Balaban J connectivity index is 1.44. The predicted octanol–water partition coefficient (Wildman–Crippen LogP) is 2.38. The molecule has 2 amide bonds. The molecule has 1 N–H and O–H groups in total. The summed E-state index contributed by atoms with van der Waals surface area (Å²) >= 11 is 1.17. The molecule has 2 unspecified atom stereocenters. The number of benzene rings is 2. The summed E-state index contributed by atoms with van der Waals surface area (Å²) in [6.45, 7) is 0.766. The van der Waals surface area contributed by atoms with E-state index in [-0.39, 0.29) is 31.0 Å². The number of hydrogen-bond acceptors (Lipinski definition) is 13. The van der Waals surface area contributed by atoms with Crippen molar-refractivity contribution in [1.82, 2.24) is 10.4 Å². The fourth-order valence-corrected chi connectivity index (χ4v) is 5.30. The zero-order valence-corrected chi connectivity index (χ0v) is 22.8. The quantitative estimate of drug-likeness (QED) is 0.169. The standard InChI is InChI=1S/C25H24N4O12S/c1-2-42-20-11-21(30)41-25(20,23(32)38-12-15-3-7-17(8-4-15)28(34)35)27-22(31)19(14-40-27)26-24(33)39-13-16-5-9-18(10-6-16)29(36)37/h3-10,19-20H,2,11-14H2,1H3,(H,26,33)/t19-,20?,25?/m0/s1. The van der Waals surface area contributed by atoms with Crippen molar-refractivity contribution >= 4 is 47.1 Å². The number of hydrogen-bond donors (Lipinski definition) is 1. The van der Waals surface area contributed by atoms with Gasteiger partial charge in [0.05, 0.1) is 21.5 Å². The molecule has 0 radical (unpaired) electrons. The number of thioether (sulfide) groups is 1. The fraction of sp³-hybridized carbons (Fsp3) is 0.360. The van der Waals surface area contributed by atoms with Crippen LogP contribution in [0, 0.1) is 20.2 Å². The third-order valence-electron chi connectivity index (χ3n) is 6.21. The van der Waals surface area contributed by atoms with Gasteiger partial charge in [0.1, 0.15) is 25.9 Å². The minimum atomic E-state index is -2.30. The van der Waals surface area contributed by atoms with Crippen molar-refractivity contribution in [3.8, 4) is 0 Å². The number of nitro groups is 2. The maximum absolute atomic E-state index is 13.5. The van der Waals surface area contributed by atoms with Crippen LogP contribution in [0.2, 0.25) is 0 Å². The van der Waals surface area contributed by atoms with Crippen LogP contribution in [0.4, 0.5) is 16.2 Å². The number of nitro benzene ring substituents is 2. The number of carbonyl (C=O) groups is 4. The number of amides is 2. The Hall–Kier alpha value is -4.77. The number of hydroxylamine groups is 2.